The van der Waals surface area contributed by atoms with E-state index in [1.54, 1.807) is 0 Å². The van der Waals surface area contributed by atoms with Crippen molar-refractivity contribution in [3.05, 3.63) is 11.8 Å². The first-order chi connectivity index (χ1) is 4.72. The van der Waals surface area contributed by atoms with Crippen molar-refractivity contribution in [3.63, 3.8) is 0 Å². The summed E-state index contributed by atoms with van der Waals surface area (Å²) in [6.45, 7) is 5.92. The molecule has 0 saturated heterocycles. The highest BCUT2D eigenvalue weighted by Gasteiger charge is 2.11. The number of rotatable bonds is 1. The number of hydrogen-bond donors (Lipinski definition) is 0. The Kier molecular flexibility index (Phi) is 2.33. The topological polar surface area (TPSA) is 12.5 Å². The molecular formula is C8H15NO. The van der Waals surface area contributed by atoms with E-state index in [0.717, 1.165) is 13.3 Å². The third kappa shape index (κ3) is 1.51. The van der Waals surface area contributed by atoms with Crippen molar-refractivity contribution in [1.29, 1.82) is 0 Å². The average molecular weight is 141 g/mol. The van der Waals surface area contributed by atoms with Crippen molar-refractivity contribution in [2.45, 2.75) is 13.8 Å². The Balaban J connectivity index is 2.61. The fourth-order valence-electron chi connectivity index (χ4n) is 1.24. The van der Waals surface area contributed by atoms with E-state index in [1.807, 2.05) is 0 Å². The van der Waals surface area contributed by atoms with Gasteiger partial charge >= 0.3 is 0 Å². The second kappa shape index (κ2) is 3.06. The van der Waals surface area contributed by atoms with Crippen LogP contribution in [0.4, 0.5) is 0 Å². The maximum atomic E-state index is 5.21. The van der Waals surface area contributed by atoms with Crippen LogP contribution in [0.5, 0.6) is 0 Å². The van der Waals surface area contributed by atoms with E-state index in [4.69, 9.17) is 4.74 Å². The van der Waals surface area contributed by atoms with Crippen LogP contribution in [0.15, 0.2) is 11.8 Å². The zero-order valence-electron chi connectivity index (χ0n) is 6.92. The van der Waals surface area contributed by atoms with Crippen LogP contribution in [0, 0.1) is 5.92 Å². The molecule has 1 aliphatic rings. The summed E-state index contributed by atoms with van der Waals surface area (Å²) in [7, 11) is 2.06. The molecular weight excluding hydrogens is 126 g/mol. The molecule has 0 radical (unpaired) electrons. The van der Waals surface area contributed by atoms with Crippen LogP contribution >= 0.6 is 0 Å². The number of hydrogen-bond acceptors (Lipinski definition) is 2. The molecule has 58 valence electrons. The molecule has 0 unspecified atom stereocenters. The summed E-state index contributed by atoms with van der Waals surface area (Å²) in [4.78, 5) is 2.15. The lowest BCUT2D eigenvalue weighted by molar-refractivity contribution is 0.0549. The van der Waals surface area contributed by atoms with E-state index in [0.29, 0.717) is 5.92 Å². The highest BCUT2D eigenvalue weighted by molar-refractivity contribution is 5.04. The van der Waals surface area contributed by atoms with Gasteiger partial charge in [-0.15, -0.1) is 0 Å². The van der Waals surface area contributed by atoms with Gasteiger partial charge in [-0.3, -0.25) is 0 Å². The Labute approximate surface area is 62.5 Å². The van der Waals surface area contributed by atoms with Gasteiger partial charge in [0.05, 0.1) is 6.61 Å². The number of nitrogens with zero attached hydrogens (tertiary/aromatic N) is 1. The lowest BCUT2D eigenvalue weighted by atomic mass is 10.1. The lowest BCUT2D eigenvalue weighted by Gasteiger charge is -2.28. The van der Waals surface area contributed by atoms with Gasteiger partial charge < -0.3 is 9.64 Å². The molecule has 0 bridgehead atoms. The predicted octanol–water partition coefficient (Wildman–Crippen LogP) is 1.45. The van der Waals surface area contributed by atoms with Crippen LogP contribution in [-0.4, -0.2) is 25.3 Å². The van der Waals surface area contributed by atoms with Crippen molar-refractivity contribution in [2.75, 3.05) is 20.4 Å². The van der Waals surface area contributed by atoms with E-state index in [9.17, 15) is 0 Å². The number of allylic oxidation sites excluding steroid dienone is 1. The SMILES string of the molecule is CC(C)C1=CCOCN1C. The molecule has 0 aromatic carbocycles. The average Bonchev–Trinajstić information content (AvgIpc) is 1.88. The van der Waals surface area contributed by atoms with Crippen LogP contribution in [0.2, 0.25) is 0 Å². The van der Waals surface area contributed by atoms with E-state index >= 15 is 0 Å². The van der Waals surface area contributed by atoms with Gasteiger partial charge in [-0.05, 0) is 12.0 Å². The molecule has 0 aromatic heterocycles. The molecule has 2 nitrogen and oxygen atoms in total. The van der Waals surface area contributed by atoms with Crippen molar-refractivity contribution >= 4 is 0 Å². The number of ether oxygens (including phenoxy) is 1. The third-order valence-corrected chi connectivity index (χ3v) is 1.73. The Morgan fingerprint density at radius 2 is 2.30 bits per heavy atom. The van der Waals surface area contributed by atoms with Crippen molar-refractivity contribution in [2.24, 2.45) is 5.92 Å². The lowest BCUT2D eigenvalue weighted by Crippen LogP contribution is -2.28. The first-order valence-corrected chi connectivity index (χ1v) is 3.70. The standard InChI is InChI=1S/C8H15NO/c1-7(2)8-4-5-10-6-9(8)3/h4,7H,5-6H2,1-3H3. The molecule has 0 atom stereocenters. The summed E-state index contributed by atoms with van der Waals surface area (Å²) >= 11 is 0. The van der Waals surface area contributed by atoms with E-state index in [1.165, 1.54) is 5.70 Å². The summed E-state index contributed by atoms with van der Waals surface area (Å²) in [6, 6.07) is 0. The minimum absolute atomic E-state index is 0.619. The van der Waals surface area contributed by atoms with Gasteiger partial charge in [-0.2, -0.15) is 0 Å². The molecule has 1 rings (SSSR count). The fourth-order valence-corrected chi connectivity index (χ4v) is 1.24. The largest absolute Gasteiger partial charge is 0.357 e. The van der Waals surface area contributed by atoms with Gasteiger partial charge in [-0.1, -0.05) is 13.8 Å². The summed E-state index contributed by atoms with van der Waals surface area (Å²) in [5.74, 6) is 0.619. The maximum absolute atomic E-state index is 5.21. The molecule has 0 spiro atoms. The maximum Gasteiger partial charge on any atom is 0.118 e. The molecule has 2 heteroatoms. The minimum Gasteiger partial charge on any atom is -0.357 e. The Morgan fingerprint density at radius 1 is 1.60 bits per heavy atom. The van der Waals surface area contributed by atoms with Crippen molar-refractivity contribution < 1.29 is 4.74 Å². The van der Waals surface area contributed by atoms with Crippen LogP contribution < -0.4 is 0 Å². The molecule has 10 heavy (non-hydrogen) atoms. The molecule has 0 aromatic rings. The van der Waals surface area contributed by atoms with E-state index in [-0.39, 0.29) is 0 Å². The molecule has 0 amide bonds. The Bertz CT molecular complexity index is 140. The van der Waals surface area contributed by atoms with Gasteiger partial charge in [0.15, 0.2) is 0 Å². The van der Waals surface area contributed by atoms with Gasteiger partial charge in [0, 0.05) is 12.7 Å². The summed E-state index contributed by atoms with van der Waals surface area (Å²) in [6.07, 6.45) is 2.15. The van der Waals surface area contributed by atoms with Gasteiger partial charge in [0.1, 0.15) is 6.73 Å². The highest BCUT2D eigenvalue weighted by atomic mass is 16.5. The zero-order chi connectivity index (χ0) is 7.56. The van der Waals surface area contributed by atoms with Gasteiger partial charge in [-0.25, -0.2) is 0 Å². The normalized spacial score (nSPS) is 19.6. The minimum atomic E-state index is 0.619. The quantitative estimate of drug-likeness (QED) is 0.548. The second-order valence-electron chi connectivity index (χ2n) is 2.98. The zero-order valence-corrected chi connectivity index (χ0v) is 6.92. The van der Waals surface area contributed by atoms with Gasteiger partial charge in [0.25, 0.3) is 0 Å². The van der Waals surface area contributed by atoms with Crippen molar-refractivity contribution in [1.82, 2.24) is 4.90 Å². The molecule has 0 N–H and O–H groups in total. The molecule has 0 fully saturated rings. The van der Waals surface area contributed by atoms with Crippen LogP contribution in [-0.2, 0) is 4.74 Å². The molecule has 0 aliphatic carbocycles. The summed E-state index contributed by atoms with van der Waals surface area (Å²) < 4.78 is 5.21. The highest BCUT2D eigenvalue weighted by Crippen LogP contribution is 2.15. The van der Waals surface area contributed by atoms with Gasteiger partial charge in [0.2, 0.25) is 0 Å². The summed E-state index contributed by atoms with van der Waals surface area (Å²) in [5.41, 5.74) is 1.39. The third-order valence-electron chi connectivity index (χ3n) is 1.73. The molecule has 0 saturated carbocycles. The van der Waals surface area contributed by atoms with E-state index < -0.39 is 0 Å². The molecule has 1 aliphatic heterocycles. The summed E-state index contributed by atoms with van der Waals surface area (Å²) in [5, 5.41) is 0. The molecule has 1 heterocycles. The van der Waals surface area contributed by atoms with E-state index in [2.05, 4.69) is 31.9 Å². The van der Waals surface area contributed by atoms with Crippen LogP contribution in [0.1, 0.15) is 13.8 Å². The first kappa shape index (κ1) is 7.61. The Morgan fingerprint density at radius 3 is 2.70 bits per heavy atom. The fraction of sp³-hybridized carbons (Fsp3) is 0.750. The van der Waals surface area contributed by atoms with Crippen LogP contribution in [0.3, 0.4) is 0 Å². The van der Waals surface area contributed by atoms with Crippen molar-refractivity contribution in [3.8, 4) is 0 Å². The smallest absolute Gasteiger partial charge is 0.118 e. The Hall–Kier alpha value is -0.500. The predicted molar refractivity (Wildman–Crippen MR) is 41.5 cm³/mol. The van der Waals surface area contributed by atoms with Crippen LogP contribution in [0.25, 0.3) is 0 Å². The monoisotopic (exact) mass is 141 g/mol. The first-order valence-electron chi connectivity index (χ1n) is 3.70. The second-order valence-corrected chi connectivity index (χ2v) is 2.98.